The summed E-state index contributed by atoms with van der Waals surface area (Å²) in [6.07, 6.45) is -0.154. The fraction of sp³-hybridized carbons (Fsp3) is 0.346. The van der Waals surface area contributed by atoms with E-state index in [1.54, 1.807) is 16.4 Å². The molecule has 2 aromatic carbocycles. The first kappa shape index (κ1) is 23.9. The number of nitrogens with one attached hydrogen (secondary N) is 1. The topological polar surface area (TPSA) is 78.3 Å². The zero-order valence-electron chi connectivity index (χ0n) is 20.1. The Balaban J connectivity index is 1.68. The minimum absolute atomic E-state index is 0.0783. The van der Waals surface area contributed by atoms with Crippen LogP contribution in [0.4, 0.5) is 5.95 Å². The molecule has 1 aliphatic rings. The van der Waals surface area contributed by atoms with Crippen LogP contribution >= 0.6 is 11.8 Å². The van der Waals surface area contributed by atoms with Gasteiger partial charge in [0.25, 0.3) is 0 Å². The normalized spacial score (nSPS) is 15.3. The maximum Gasteiger partial charge on any atom is 0.338 e. The Labute approximate surface area is 204 Å². The van der Waals surface area contributed by atoms with Crippen LogP contribution in [0.5, 0.6) is 5.75 Å². The van der Waals surface area contributed by atoms with Crippen LogP contribution in [0.15, 0.2) is 71.0 Å². The second-order valence-electron chi connectivity index (χ2n) is 8.69. The van der Waals surface area contributed by atoms with Crippen molar-refractivity contribution >= 4 is 23.7 Å². The van der Waals surface area contributed by atoms with E-state index >= 15 is 0 Å². The molecule has 2 heterocycles. The summed E-state index contributed by atoms with van der Waals surface area (Å²) in [5.74, 6) is 1.76. The molecule has 0 bridgehead atoms. The number of ether oxygens (including phenoxy) is 2. The lowest BCUT2D eigenvalue weighted by Gasteiger charge is -2.28. The summed E-state index contributed by atoms with van der Waals surface area (Å²) in [4.78, 5) is 17.8. The smallest absolute Gasteiger partial charge is 0.338 e. The molecular weight excluding hydrogens is 448 g/mol. The number of allylic oxidation sites excluding steroid dienone is 1. The molecule has 3 aromatic rings. The minimum Gasteiger partial charge on any atom is -0.491 e. The number of anilines is 1. The Morgan fingerprint density at radius 2 is 1.76 bits per heavy atom. The van der Waals surface area contributed by atoms with E-state index in [9.17, 15) is 4.79 Å². The molecule has 0 spiro atoms. The van der Waals surface area contributed by atoms with Crippen LogP contribution in [0, 0.1) is 0 Å². The molecule has 0 amide bonds. The van der Waals surface area contributed by atoms with Gasteiger partial charge in [-0.2, -0.15) is 4.98 Å². The summed E-state index contributed by atoms with van der Waals surface area (Å²) in [6, 6.07) is 17.5. The van der Waals surface area contributed by atoms with E-state index in [1.807, 2.05) is 77.1 Å². The molecule has 34 heavy (non-hydrogen) atoms. The van der Waals surface area contributed by atoms with E-state index in [4.69, 9.17) is 19.6 Å². The summed E-state index contributed by atoms with van der Waals surface area (Å²) >= 11 is 1.56. The second-order valence-corrected chi connectivity index (χ2v) is 9.64. The van der Waals surface area contributed by atoms with Gasteiger partial charge in [-0.15, -0.1) is 5.10 Å². The lowest BCUT2D eigenvalue weighted by Crippen LogP contribution is -2.30. The molecule has 0 saturated heterocycles. The number of nitrogens with zero attached hydrogens (tertiary/aromatic N) is 3. The van der Waals surface area contributed by atoms with Crippen LogP contribution < -0.4 is 10.1 Å². The van der Waals surface area contributed by atoms with Crippen LogP contribution in [0.1, 0.15) is 51.8 Å². The number of esters is 1. The van der Waals surface area contributed by atoms with Gasteiger partial charge in [-0.25, -0.2) is 9.48 Å². The maximum absolute atomic E-state index is 13.1. The maximum atomic E-state index is 13.1. The molecule has 0 aliphatic carbocycles. The third-order valence-electron chi connectivity index (χ3n) is 5.17. The van der Waals surface area contributed by atoms with Crippen molar-refractivity contribution in [3.05, 3.63) is 77.0 Å². The highest BCUT2D eigenvalue weighted by Gasteiger charge is 2.35. The fourth-order valence-corrected chi connectivity index (χ4v) is 4.55. The Morgan fingerprint density at radius 1 is 1.06 bits per heavy atom. The molecule has 8 heteroatoms. The highest BCUT2D eigenvalue weighted by atomic mass is 32.2. The van der Waals surface area contributed by atoms with Gasteiger partial charge in [0, 0.05) is 11.4 Å². The third-order valence-corrected chi connectivity index (χ3v) is 6.08. The quantitative estimate of drug-likeness (QED) is 0.334. The van der Waals surface area contributed by atoms with Gasteiger partial charge in [0.1, 0.15) is 11.8 Å². The van der Waals surface area contributed by atoms with Crippen LogP contribution in [0.3, 0.4) is 0 Å². The van der Waals surface area contributed by atoms with Crippen molar-refractivity contribution in [1.82, 2.24) is 14.8 Å². The summed E-state index contributed by atoms with van der Waals surface area (Å²) in [7, 11) is 0. The van der Waals surface area contributed by atoms with E-state index in [1.165, 1.54) is 5.56 Å². The molecule has 1 N–H and O–H groups in total. The van der Waals surface area contributed by atoms with Gasteiger partial charge in [-0.1, -0.05) is 54.2 Å². The average molecular weight is 479 g/mol. The van der Waals surface area contributed by atoms with Crippen molar-refractivity contribution < 1.29 is 14.3 Å². The van der Waals surface area contributed by atoms with Gasteiger partial charge in [0.05, 0.1) is 17.8 Å². The first-order valence-electron chi connectivity index (χ1n) is 11.4. The van der Waals surface area contributed by atoms with Crippen molar-refractivity contribution in [2.75, 3.05) is 5.32 Å². The number of hydrogen-bond acceptors (Lipinski definition) is 7. The van der Waals surface area contributed by atoms with Crippen molar-refractivity contribution in [1.29, 1.82) is 0 Å². The molecule has 7 nitrogen and oxygen atoms in total. The van der Waals surface area contributed by atoms with Crippen molar-refractivity contribution in [3.8, 4) is 5.75 Å². The van der Waals surface area contributed by atoms with Gasteiger partial charge >= 0.3 is 5.97 Å². The zero-order chi connectivity index (χ0) is 24.2. The number of fused-ring (bicyclic) bond motifs is 1. The lowest BCUT2D eigenvalue weighted by atomic mass is 9.95. The molecule has 0 radical (unpaired) electrons. The number of hydrogen-bond donors (Lipinski definition) is 1. The predicted molar refractivity (Wildman–Crippen MR) is 134 cm³/mol. The third kappa shape index (κ3) is 5.44. The monoisotopic (exact) mass is 478 g/mol. The molecule has 0 fully saturated rings. The van der Waals surface area contributed by atoms with Crippen molar-refractivity contribution in [2.45, 2.75) is 63.8 Å². The molecule has 1 atom stereocenters. The fourth-order valence-electron chi connectivity index (χ4n) is 3.77. The molecule has 0 saturated carbocycles. The summed E-state index contributed by atoms with van der Waals surface area (Å²) in [6.45, 7) is 9.54. The molecule has 178 valence electrons. The first-order chi connectivity index (χ1) is 16.3. The Hall–Kier alpha value is -3.26. The van der Waals surface area contributed by atoms with Crippen LogP contribution in [-0.4, -0.2) is 32.9 Å². The van der Waals surface area contributed by atoms with E-state index < -0.39 is 6.04 Å². The number of carbonyl (C=O) groups is 1. The van der Waals surface area contributed by atoms with Gasteiger partial charge in [-0.05, 0) is 57.9 Å². The molecule has 1 unspecified atom stereocenters. The number of benzene rings is 2. The van der Waals surface area contributed by atoms with Gasteiger partial charge in [0.15, 0.2) is 0 Å². The Kier molecular flexibility index (Phi) is 7.26. The van der Waals surface area contributed by atoms with E-state index in [0.29, 0.717) is 22.4 Å². The average Bonchev–Trinajstić information content (AvgIpc) is 3.19. The number of carbonyl (C=O) groups excluding carboxylic acids is 1. The van der Waals surface area contributed by atoms with Crippen molar-refractivity contribution in [3.63, 3.8) is 0 Å². The number of thioether (sulfide) groups is 1. The summed E-state index contributed by atoms with van der Waals surface area (Å²) in [5, 5.41) is 8.66. The van der Waals surface area contributed by atoms with Gasteiger partial charge in [0.2, 0.25) is 11.1 Å². The second kappa shape index (κ2) is 10.3. The van der Waals surface area contributed by atoms with E-state index in [0.717, 1.165) is 17.1 Å². The highest BCUT2D eigenvalue weighted by molar-refractivity contribution is 7.98. The molecule has 1 aromatic heterocycles. The summed E-state index contributed by atoms with van der Waals surface area (Å²) in [5.41, 5.74) is 3.32. The Bertz CT molecular complexity index is 1170. The molecular formula is C26H30N4O3S. The number of aromatic nitrogens is 3. The predicted octanol–water partition coefficient (Wildman–Crippen LogP) is 5.60. The van der Waals surface area contributed by atoms with Crippen LogP contribution in [0.25, 0.3) is 0 Å². The highest BCUT2D eigenvalue weighted by Crippen LogP contribution is 2.37. The minimum atomic E-state index is -0.464. The van der Waals surface area contributed by atoms with Crippen LogP contribution in [-0.2, 0) is 15.3 Å². The van der Waals surface area contributed by atoms with Crippen molar-refractivity contribution in [2.24, 2.45) is 0 Å². The van der Waals surface area contributed by atoms with Gasteiger partial charge in [-0.3, -0.25) is 0 Å². The van der Waals surface area contributed by atoms with Crippen LogP contribution in [0.2, 0.25) is 0 Å². The molecule has 4 rings (SSSR count). The standard InChI is InChI=1S/C26H30N4O3S/c1-16(2)32-21-13-11-20(12-14-21)23-22(24(31)33-17(3)4)18(5)27-25-28-26(29-30(23)25)34-15-19-9-7-6-8-10-19/h6-14,16-17,23H,15H2,1-5H3,(H,27,28,29). The Morgan fingerprint density at radius 3 is 2.41 bits per heavy atom. The van der Waals surface area contributed by atoms with E-state index in [-0.39, 0.29) is 18.2 Å². The number of rotatable bonds is 8. The van der Waals surface area contributed by atoms with E-state index in [2.05, 4.69) is 17.4 Å². The SMILES string of the molecule is CC1=C(C(=O)OC(C)C)C(c2ccc(OC(C)C)cc2)n2nc(SCc3ccccc3)nc2N1. The lowest BCUT2D eigenvalue weighted by molar-refractivity contribution is -0.143. The van der Waals surface area contributed by atoms with Gasteiger partial charge < -0.3 is 14.8 Å². The largest absolute Gasteiger partial charge is 0.491 e. The zero-order valence-corrected chi connectivity index (χ0v) is 20.9. The summed E-state index contributed by atoms with van der Waals surface area (Å²) < 4.78 is 13.2. The first-order valence-corrected chi connectivity index (χ1v) is 12.4. The molecule has 1 aliphatic heterocycles.